The first-order chi connectivity index (χ1) is 15.7. The highest BCUT2D eigenvalue weighted by molar-refractivity contribution is 7.98. The number of Topliss-reactive ketones (excluding diaryl/α,β-unsaturated/α-hetero) is 1. The molecule has 170 valence electrons. The third-order valence-electron chi connectivity index (χ3n) is 6.08. The van der Waals surface area contributed by atoms with Gasteiger partial charge in [0, 0.05) is 28.5 Å². The number of nitrogens with zero attached hydrogens (tertiary/aromatic N) is 3. The standard InChI is InChI=1S/C25H24ClFN4OS/c1-14-4-6-15(7-5-14)22-21-19(11-25(2,3)12-20(21)32)28-23-29-24(30-31(22)23)33-13-16-8-9-17(27)10-18(16)26/h4-10,22H,11-13H2,1-3H3,(H,28,29,30). The van der Waals surface area contributed by atoms with Gasteiger partial charge in [0.25, 0.3) is 0 Å². The minimum Gasteiger partial charge on any atom is -0.328 e. The molecule has 1 aliphatic heterocycles. The van der Waals surface area contributed by atoms with E-state index in [2.05, 4.69) is 43.4 Å². The molecule has 0 fully saturated rings. The quantitative estimate of drug-likeness (QED) is 0.440. The molecule has 1 aromatic heterocycles. The van der Waals surface area contributed by atoms with Crippen LogP contribution in [0.4, 0.5) is 10.3 Å². The molecular formula is C25H24ClFN4OS. The third-order valence-corrected chi connectivity index (χ3v) is 7.32. The normalized spacial score (nSPS) is 19.2. The minimum atomic E-state index is -0.362. The summed E-state index contributed by atoms with van der Waals surface area (Å²) in [6.45, 7) is 6.27. The fourth-order valence-corrected chi connectivity index (χ4v) is 5.63. The Morgan fingerprint density at radius 2 is 1.97 bits per heavy atom. The average molecular weight is 483 g/mol. The predicted molar refractivity (Wildman–Crippen MR) is 129 cm³/mol. The van der Waals surface area contributed by atoms with Gasteiger partial charge in [-0.15, -0.1) is 5.10 Å². The topological polar surface area (TPSA) is 59.8 Å². The summed E-state index contributed by atoms with van der Waals surface area (Å²) in [6, 6.07) is 12.3. The number of carbonyl (C=O) groups is 1. The highest BCUT2D eigenvalue weighted by Gasteiger charge is 2.41. The van der Waals surface area contributed by atoms with Crippen LogP contribution in [0, 0.1) is 18.2 Å². The van der Waals surface area contributed by atoms with Crippen LogP contribution >= 0.6 is 23.4 Å². The van der Waals surface area contributed by atoms with Crippen molar-refractivity contribution < 1.29 is 9.18 Å². The van der Waals surface area contributed by atoms with E-state index in [9.17, 15) is 9.18 Å². The largest absolute Gasteiger partial charge is 0.328 e. The molecule has 1 atom stereocenters. The van der Waals surface area contributed by atoms with Crippen LogP contribution in [0.2, 0.25) is 5.02 Å². The number of anilines is 1. The molecule has 8 heteroatoms. The van der Waals surface area contributed by atoms with Gasteiger partial charge >= 0.3 is 0 Å². The maximum absolute atomic E-state index is 13.4. The van der Waals surface area contributed by atoms with Crippen LogP contribution in [-0.2, 0) is 10.5 Å². The zero-order chi connectivity index (χ0) is 23.3. The summed E-state index contributed by atoms with van der Waals surface area (Å²) < 4.78 is 15.2. The Kier molecular flexibility index (Phi) is 5.57. The molecule has 0 spiro atoms. The molecule has 0 saturated carbocycles. The van der Waals surface area contributed by atoms with E-state index in [1.54, 1.807) is 6.07 Å². The van der Waals surface area contributed by atoms with Crippen LogP contribution < -0.4 is 5.32 Å². The number of hydrogen-bond donors (Lipinski definition) is 1. The first-order valence-corrected chi connectivity index (χ1v) is 12.2. The van der Waals surface area contributed by atoms with E-state index < -0.39 is 0 Å². The van der Waals surface area contributed by atoms with E-state index in [1.807, 2.05) is 11.6 Å². The van der Waals surface area contributed by atoms with Gasteiger partial charge in [-0.2, -0.15) is 4.98 Å². The second kappa shape index (κ2) is 8.29. The Bertz CT molecular complexity index is 1280. The smallest absolute Gasteiger partial charge is 0.227 e. The van der Waals surface area contributed by atoms with Crippen LogP contribution in [0.3, 0.4) is 0 Å². The molecule has 2 aliphatic rings. The summed E-state index contributed by atoms with van der Waals surface area (Å²) in [5.74, 6) is 0.917. The number of hydrogen-bond acceptors (Lipinski definition) is 5. The third kappa shape index (κ3) is 4.32. The number of aryl methyl sites for hydroxylation is 1. The average Bonchev–Trinajstić information content (AvgIpc) is 3.14. The lowest BCUT2D eigenvalue weighted by Crippen LogP contribution is -2.36. The Morgan fingerprint density at radius 1 is 1.21 bits per heavy atom. The van der Waals surface area contributed by atoms with E-state index in [1.165, 1.54) is 23.9 Å². The van der Waals surface area contributed by atoms with E-state index in [0.717, 1.165) is 34.4 Å². The van der Waals surface area contributed by atoms with Gasteiger partial charge in [-0.1, -0.05) is 73.1 Å². The molecule has 5 nitrogen and oxygen atoms in total. The van der Waals surface area contributed by atoms with Crippen molar-refractivity contribution in [1.29, 1.82) is 0 Å². The van der Waals surface area contributed by atoms with Crippen molar-refractivity contribution in [1.82, 2.24) is 14.8 Å². The van der Waals surface area contributed by atoms with Gasteiger partial charge in [0.2, 0.25) is 11.1 Å². The van der Waals surface area contributed by atoms with Gasteiger partial charge in [0.05, 0.1) is 0 Å². The van der Waals surface area contributed by atoms with Crippen molar-refractivity contribution in [3.63, 3.8) is 0 Å². The van der Waals surface area contributed by atoms with E-state index in [-0.39, 0.29) is 23.1 Å². The molecule has 1 N–H and O–H groups in total. The lowest BCUT2D eigenvalue weighted by Gasteiger charge is -2.38. The zero-order valence-electron chi connectivity index (χ0n) is 18.7. The fourth-order valence-electron chi connectivity index (χ4n) is 4.49. The molecule has 2 aromatic carbocycles. The summed E-state index contributed by atoms with van der Waals surface area (Å²) in [5, 5.41) is 9.10. The Balaban J connectivity index is 1.51. The van der Waals surface area contributed by atoms with Gasteiger partial charge in [-0.3, -0.25) is 4.79 Å². The number of fused-ring (bicyclic) bond motifs is 1. The first kappa shape index (κ1) is 22.2. The predicted octanol–water partition coefficient (Wildman–Crippen LogP) is 6.33. The van der Waals surface area contributed by atoms with Crippen molar-refractivity contribution in [2.45, 2.75) is 50.6 Å². The van der Waals surface area contributed by atoms with Gasteiger partial charge in [-0.05, 0) is 42.0 Å². The van der Waals surface area contributed by atoms with Crippen molar-refractivity contribution >= 4 is 35.1 Å². The summed E-state index contributed by atoms with van der Waals surface area (Å²) in [6.07, 6.45) is 1.28. The molecule has 0 radical (unpaired) electrons. The number of benzene rings is 2. The Hall–Kier alpha value is -2.64. The second-order valence-corrected chi connectivity index (χ2v) is 10.8. The molecule has 1 aliphatic carbocycles. The van der Waals surface area contributed by atoms with Crippen molar-refractivity contribution in [3.05, 3.63) is 81.3 Å². The van der Waals surface area contributed by atoms with E-state index in [4.69, 9.17) is 21.7 Å². The molecule has 0 bridgehead atoms. The second-order valence-electron chi connectivity index (χ2n) is 9.46. The van der Waals surface area contributed by atoms with Gasteiger partial charge < -0.3 is 5.32 Å². The molecule has 0 saturated heterocycles. The number of thioether (sulfide) groups is 1. The fraction of sp³-hybridized carbons (Fsp3) is 0.320. The Labute approximate surface area is 201 Å². The molecule has 3 aromatic rings. The van der Waals surface area contributed by atoms with Crippen molar-refractivity contribution in [2.75, 3.05) is 5.32 Å². The molecule has 1 unspecified atom stereocenters. The van der Waals surface area contributed by atoms with E-state index >= 15 is 0 Å². The van der Waals surface area contributed by atoms with Crippen LogP contribution in [0.15, 0.2) is 58.9 Å². The number of aromatic nitrogens is 3. The molecule has 0 amide bonds. The van der Waals surface area contributed by atoms with E-state index in [0.29, 0.717) is 28.3 Å². The van der Waals surface area contributed by atoms with Crippen molar-refractivity contribution in [3.8, 4) is 0 Å². The summed E-state index contributed by atoms with van der Waals surface area (Å²) in [7, 11) is 0. The van der Waals surface area contributed by atoms with Crippen molar-refractivity contribution in [2.24, 2.45) is 5.41 Å². The van der Waals surface area contributed by atoms with Crippen LogP contribution in [0.5, 0.6) is 0 Å². The summed E-state index contributed by atoms with van der Waals surface area (Å²) in [5.41, 5.74) is 4.57. The van der Waals surface area contributed by atoms with Gasteiger partial charge in [-0.25, -0.2) is 9.07 Å². The maximum atomic E-state index is 13.4. The lowest BCUT2D eigenvalue weighted by atomic mass is 9.73. The highest BCUT2D eigenvalue weighted by Crippen LogP contribution is 2.45. The SMILES string of the molecule is Cc1ccc(C2C3=C(CC(C)(C)CC3=O)Nc3nc(SCc4ccc(F)cc4Cl)nn32)cc1. The number of carbonyl (C=O) groups excluding carboxylic acids is 1. The van der Waals surface area contributed by atoms with Gasteiger partial charge in [0.1, 0.15) is 11.9 Å². The highest BCUT2D eigenvalue weighted by atomic mass is 35.5. The number of allylic oxidation sites excluding steroid dienone is 2. The molecular weight excluding hydrogens is 459 g/mol. The minimum absolute atomic E-state index is 0.111. The number of nitrogens with one attached hydrogen (secondary N) is 1. The van der Waals surface area contributed by atoms with Crippen LogP contribution in [-0.4, -0.2) is 20.5 Å². The van der Waals surface area contributed by atoms with Gasteiger partial charge in [0.15, 0.2) is 5.78 Å². The summed E-state index contributed by atoms with van der Waals surface area (Å²) in [4.78, 5) is 18.0. The molecule has 5 rings (SSSR count). The number of rotatable bonds is 4. The number of halogens is 2. The monoisotopic (exact) mass is 482 g/mol. The lowest BCUT2D eigenvalue weighted by molar-refractivity contribution is -0.118. The Morgan fingerprint density at radius 3 is 2.70 bits per heavy atom. The maximum Gasteiger partial charge on any atom is 0.227 e. The summed E-state index contributed by atoms with van der Waals surface area (Å²) >= 11 is 7.61. The molecule has 2 heterocycles. The molecule has 33 heavy (non-hydrogen) atoms. The number of ketones is 1. The van der Waals surface area contributed by atoms with Crippen LogP contribution in [0.1, 0.15) is 49.4 Å². The van der Waals surface area contributed by atoms with Crippen LogP contribution in [0.25, 0.3) is 0 Å². The first-order valence-electron chi connectivity index (χ1n) is 10.8. The zero-order valence-corrected chi connectivity index (χ0v) is 20.2.